The summed E-state index contributed by atoms with van der Waals surface area (Å²) in [6.07, 6.45) is -7.47. The first-order chi connectivity index (χ1) is 16.5. The van der Waals surface area contributed by atoms with E-state index in [0.717, 1.165) is 35.8 Å². The third-order valence-electron chi connectivity index (χ3n) is 6.55. The number of aryl methyl sites for hydroxylation is 2. The van der Waals surface area contributed by atoms with Crippen molar-refractivity contribution < 1.29 is 37.0 Å². The maximum atomic E-state index is 14.4. The molecule has 3 aromatic rings. The highest BCUT2D eigenvalue weighted by Crippen LogP contribution is 2.46. The molecular weight excluding hydrogens is 461 g/mol. The summed E-state index contributed by atoms with van der Waals surface area (Å²) < 4.78 is 59.1. The molecule has 35 heavy (non-hydrogen) atoms. The molecule has 0 aliphatic heterocycles. The summed E-state index contributed by atoms with van der Waals surface area (Å²) in [5.74, 6) is -1.86. The van der Waals surface area contributed by atoms with Crippen LogP contribution >= 0.6 is 0 Å². The van der Waals surface area contributed by atoms with Crippen LogP contribution in [0.5, 0.6) is 0 Å². The molecule has 3 aromatic carbocycles. The monoisotopic (exact) mass is 486 g/mol. The maximum absolute atomic E-state index is 14.4. The zero-order valence-electron chi connectivity index (χ0n) is 19.7. The van der Waals surface area contributed by atoms with Crippen molar-refractivity contribution in [1.29, 1.82) is 0 Å². The van der Waals surface area contributed by atoms with E-state index in [0.29, 0.717) is 16.5 Å². The molecule has 0 radical (unpaired) electrons. The number of carbonyl (C=O) groups is 2. The predicted molar refractivity (Wildman–Crippen MR) is 123 cm³/mol. The Balaban J connectivity index is 1.88. The highest BCUT2D eigenvalue weighted by molar-refractivity contribution is 6.11. The van der Waals surface area contributed by atoms with Gasteiger partial charge in [-0.1, -0.05) is 60.2 Å². The summed E-state index contributed by atoms with van der Waals surface area (Å²) in [5.41, 5.74) is -1.41. The van der Waals surface area contributed by atoms with Gasteiger partial charge in [0.25, 0.3) is 5.60 Å². The number of ether oxygens (including phenoxy) is 3. The molecule has 0 bridgehead atoms. The van der Waals surface area contributed by atoms with Crippen LogP contribution < -0.4 is 0 Å². The number of esters is 1. The van der Waals surface area contributed by atoms with Crippen LogP contribution in [0, 0.1) is 13.8 Å². The number of methoxy groups -OCH3 is 2. The van der Waals surface area contributed by atoms with Gasteiger partial charge >= 0.3 is 12.1 Å². The number of ketones is 1. The first kappa shape index (κ1) is 24.9. The van der Waals surface area contributed by atoms with Crippen molar-refractivity contribution in [3.05, 3.63) is 82.4 Å². The smallest absolute Gasteiger partial charge is 0.432 e. The van der Waals surface area contributed by atoms with E-state index in [9.17, 15) is 22.8 Å². The topological polar surface area (TPSA) is 61.8 Å². The van der Waals surface area contributed by atoms with Crippen LogP contribution in [0.3, 0.4) is 0 Å². The van der Waals surface area contributed by atoms with Crippen LogP contribution in [0.1, 0.15) is 45.1 Å². The molecule has 5 nitrogen and oxygen atoms in total. The molecule has 0 heterocycles. The first-order valence-corrected chi connectivity index (χ1v) is 11.0. The predicted octanol–water partition coefficient (Wildman–Crippen LogP) is 5.75. The highest BCUT2D eigenvalue weighted by atomic mass is 19.4. The Morgan fingerprint density at radius 2 is 1.66 bits per heavy atom. The lowest BCUT2D eigenvalue weighted by molar-refractivity contribution is -0.280. The van der Waals surface area contributed by atoms with Gasteiger partial charge in [-0.05, 0) is 30.2 Å². The second kappa shape index (κ2) is 9.09. The molecule has 0 spiro atoms. The second-order valence-electron chi connectivity index (χ2n) is 8.68. The SMILES string of the molecule is CO[C@@H]1CC(=O)c2c(cc(C)c3ccc(C)cc23)[C@H]1OC(=O)[C@@](OC)(c1ccccc1)C(F)(F)F. The number of halogens is 3. The fourth-order valence-electron chi connectivity index (χ4n) is 4.81. The number of benzene rings is 3. The molecule has 1 aliphatic carbocycles. The van der Waals surface area contributed by atoms with E-state index in [1.54, 1.807) is 6.07 Å². The Morgan fingerprint density at radius 3 is 2.26 bits per heavy atom. The maximum Gasteiger partial charge on any atom is 0.432 e. The number of Topliss-reactive ketones (excluding diaryl/α,β-unsaturated/α-hetero) is 1. The summed E-state index contributed by atoms with van der Waals surface area (Å²) in [5, 5.41) is 1.51. The Hall–Kier alpha value is -3.23. The Labute approximate surface area is 200 Å². The van der Waals surface area contributed by atoms with Crippen molar-refractivity contribution in [1.82, 2.24) is 0 Å². The third-order valence-corrected chi connectivity index (χ3v) is 6.55. The Kier molecular flexibility index (Phi) is 6.46. The molecule has 3 atom stereocenters. The number of hydrogen-bond donors (Lipinski definition) is 0. The van der Waals surface area contributed by atoms with Crippen LogP contribution in [0.15, 0.2) is 54.6 Å². The van der Waals surface area contributed by atoms with Crippen LogP contribution in [-0.2, 0) is 24.6 Å². The molecule has 0 fully saturated rings. The Bertz CT molecular complexity index is 1290. The number of rotatable bonds is 5. The van der Waals surface area contributed by atoms with E-state index >= 15 is 0 Å². The fourth-order valence-corrected chi connectivity index (χ4v) is 4.81. The molecule has 0 saturated carbocycles. The molecule has 0 saturated heterocycles. The standard InChI is InChI=1S/C27H25F3O5/c1-15-10-11-18-16(2)13-20-23(19(18)12-15)21(31)14-22(33-3)24(20)35-25(32)26(34-4,27(28,29)30)17-8-6-5-7-9-17/h5-13,22,24H,14H2,1-4H3/t22-,24-,26+/m1/s1. The van der Waals surface area contributed by atoms with Crippen LogP contribution in [0.4, 0.5) is 13.2 Å². The van der Waals surface area contributed by atoms with Gasteiger partial charge in [0.2, 0.25) is 0 Å². The van der Waals surface area contributed by atoms with Gasteiger partial charge in [-0.2, -0.15) is 13.2 Å². The lowest BCUT2D eigenvalue weighted by atomic mass is 9.81. The zero-order valence-corrected chi connectivity index (χ0v) is 19.7. The quantitative estimate of drug-likeness (QED) is 0.430. The van der Waals surface area contributed by atoms with Crippen molar-refractivity contribution in [2.45, 2.75) is 44.3 Å². The Morgan fingerprint density at radius 1 is 0.971 bits per heavy atom. The van der Waals surface area contributed by atoms with E-state index in [4.69, 9.17) is 14.2 Å². The van der Waals surface area contributed by atoms with Crippen LogP contribution in [0.2, 0.25) is 0 Å². The lowest BCUT2D eigenvalue weighted by Gasteiger charge is -2.37. The largest absolute Gasteiger partial charge is 0.452 e. The first-order valence-electron chi connectivity index (χ1n) is 11.0. The van der Waals surface area contributed by atoms with Gasteiger partial charge in [0.15, 0.2) is 11.9 Å². The summed E-state index contributed by atoms with van der Waals surface area (Å²) >= 11 is 0. The number of alkyl halides is 3. The highest BCUT2D eigenvalue weighted by Gasteiger charge is 2.64. The molecule has 184 valence electrons. The molecule has 0 amide bonds. The minimum atomic E-state index is -5.12. The molecule has 8 heteroatoms. The molecule has 0 aromatic heterocycles. The molecular formula is C27H25F3O5. The van der Waals surface area contributed by atoms with Gasteiger partial charge in [-0.3, -0.25) is 4.79 Å². The van der Waals surface area contributed by atoms with Crippen molar-refractivity contribution >= 4 is 22.5 Å². The van der Waals surface area contributed by atoms with Gasteiger partial charge in [-0.25, -0.2) is 4.79 Å². The van der Waals surface area contributed by atoms with E-state index in [1.165, 1.54) is 25.3 Å². The van der Waals surface area contributed by atoms with E-state index in [2.05, 4.69) is 0 Å². The third kappa shape index (κ3) is 4.00. The van der Waals surface area contributed by atoms with Crippen LogP contribution in [-0.4, -0.2) is 38.3 Å². The van der Waals surface area contributed by atoms with Gasteiger partial charge in [0, 0.05) is 37.3 Å². The van der Waals surface area contributed by atoms with Crippen LogP contribution in [0.25, 0.3) is 10.8 Å². The average Bonchev–Trinajstić information content (AvgIpc) is 2.81. The fraction of sp³-hybridized carbons (Fsp3) is 0.333. The minimum absolute atomic E-state index is 0.148. The van der Waals surface area contributed by atoms with Crippen molar-refractivity contribution in [2.24, 2.45) is 0 Å². The lowest BCUT2D eigenvalue weighted by Crippen LogP contribution is -2.52. The summed E-state index contributed by atoms with van der Waals surface area (Å²) in [7, 11) is 2.14. The molecule has 0 unspecified atom stereocenters. The van der Waals surface area contributed by atoms with Crippen molar-refractivity contribution in [3.8, 4) is 0 Å². The zero-order chi connectivity index (χ0) is 25.5. The molecule has 4 rings (SSSR count). The minimum Gasteiger partial charge on any atom is -0.452 e. The number of fused-ring (bicyclic) bond motifs is 3. The van der Waals surface area contributed by atoms with Gasteiger partial charge in [0.1, 0.15) is 6.10 Å². The molecule has 1 aliphatic rings. The average molecular weight is 486 g/mol. The summed E-state index contributed by atoms with van der Waals surface area (Å²) in [6.45, 7) is 3.71. The van der Waals surface area contributed by atoms with Gasteiger partial charge in [-0.15, -0.1) is 0 Å². The molecule has 0 N–H and O–H groups in total. The second-order valence-corrected chi connectivity index (χ2v) is 8.68. The van der Waals surface area contributed by atoms with Crippen molar-refractivity contribution in [2.75, 3.05) is 14.2 Å². The van der Waals surface area contributed by atoms with E-state index in [-0.39, 0.29) is 12.2 Å². The van der Waals surface area contributed by atoms with Gasteiger partial charge in [0.05, 0.1) is 0 Å². The van der Waals surface area contributed by atoms with Crippen molar-refractivity contribution in [3.63, 3.8) is 0 Å². The number of hydrogen-bond acceptors (Lipinski definition) is 5. The summed E-state index contributed by atoms with van der Waals surface area (Å²) in [4.78, 5) is 26.5. The van der Waals surface area contributed by atoms with E-state index in [1.807, 2.05) is 32.0 Å². The van der Waals surface area contributed by atoms with E-state index < -0.39 is 35.5 Å². The number of carbonyl (C=O) groups excluding carboxylic acids is 2. The van der Waals surface area contributed by atoms with Gasteiger partial charge < -0.3 is 14.2 Å². The normalized spacial score (nSPS) is 19.8. The summed E-state index contributed by atoms with van der Waals surface area (Å²) in [6, 6.07) is 14.0.